The fraction of sp³-hybridized carbons (Fsp3) is 0.143. The molecular formula is C21H17Cl2N3O4. The van der Waals surface area contributed by atoms with Crippen LogP contribution >= 0.6 is 23.2 Å². The third kappa shape index (κ3) is 4.69. The van der Waals surface area contributed by atoms with Crippen LogP contribution in [0, 0.1) is 0 Å². The van der Waals surface area contributed by atoms with Gasteiger partial charge in [0.15, 0.2) is 5.69 Å². The largest absolute Gasteiger partial charge is 0.464 e. The van der Waals surface area contributed by atoms with E-state index < -0.39 is 18.0 Å². The second-order valence-corrected chi connectivity index (χ2v) is 6.99. The van der Waals surface area contributed by atoms with E-state index in [1.54, 1.807) is 36.4 Å². The smallest absolute Gasteiger partial charge is 0.361 e. The molecule has 154 valence electrons. The molecule has 0 saturated carbocycles. The molecule has 0 bridgehead atoms. The van der Waals surface area contributed by atoms with E-state index in [1.807, 2.05) is 24.3 Å². The van der Waals surface area contributed by atoms with Crippen LogP contribution in [0.15, 0.2) is 54.6 Å². The number of benzene rings is 2. The van der Waals surface area contributed by atoms with Gasteiger partial charge in [-0.3, -0.25) is 0 Å². The number of carbonyl (C=O) groups excluding carboxylic acids is 2. The number of ether oxygens (including phenoxy) is 2. The first-order valence-corrected chi connectivity index (χ1v) is 9.51. The number of hydrogen-bond acceptors (Lipinski definition) is 6. The van der Waals surface area contributed by atoms with Crippen LogP contribution in [0.4, 0.5) is 0 Å². The zero-order chi connectivity index (χ0) is 21.7. The van der Waals surface area contributed by atoms with Crippen molar-refractivity contribution in [3.05, 3.63) is 87.2 Å². The van der Waals surface area contributed by atoms with Crippen LogP contribution in [0.5, 0.6) is 0 Å². The molecule has 9 heteroatoms. The first-order chi connectivity index (χ1) is 14.4. The van der Waals surface area contributed by atoms with Crippen molar-refractivity contribution in [2.75, 3.05) is 14.2 Å². The molecule has 0 aliphatic carbocycles. The van der Waals surface area contributed by atoms with E-state index in [4.69, 9.17) is 32.7 Å². The Morgan fingerprint density at radius 3 is 2.07 bits per heavy atom. The number of aromatic nitrogens is 3. The van der Waals surface area contributed by atoms with Crippen LogP contribution in [0.2, 0.25) is 10.0 Å². The Balaban J connectivity index is 2.13. The van der Waals surface area contributed by atoms with E-state index in [9.17, 15) is 9.59 Å². The number of carbonyl (C=O) groups is 2. The van der Waals surface area contributed by atoms with E-state index in [1.165, 1.54) is 18.9 Å². The van der Waals surface area contributed by atoms with Crippen LogP contribution in [-0.2, 0) is 9.47 Å². The molecule has 0 fully saturated rings. The third-order valence-electron chi connectivity index (χ3n) is 4.27. The monoisotopic (exact) mass is 445 g/mol. The van der Waals surface area contributed by atoms with Crippen LogP contribution < -0.4 is 0 Å². The van der Waals surface area contributed by atoms with E-state index in [0.717, 1.165) is 11.1 Å². The molecule has 0 aliphatic rings. The van der Waals surface area contributed by atoms with E-state index in [-0.39, 0.29) is 11.4 Å². The molecule has 3 rings (SSSR count). The summed E-state index contributed by atoms with van der Waals surface area (Å²) in [5.74, 6) is -1.56. The maximum absolute atomic E-state index is 12.4. The van der Waals surface area contributed by atoms with Crippen LogP contribution in [0.3, 0.4) is 0 Å². The molecule has 0 spiro atoms. The molecule has 2 aromatic carbocycles. The fourth-order valence-electron chi connectivity index (χ4n) is 2.78. The summed E-state index contributed by atoms with van der Waals surface area (Å²) in [4.78, 5) is 24.5. The van der Waals surface area contributed by atoms with Gasteiger partial charge in [-0.05, 0) is 35.4 Å². The summed E-state index contributed by atoms with van der Waals surface area (Å²) in [6, 6.07) is 13.7. The highest BCUT2D eigenvalue weighted by molar-refractivity contribution is 6.30. The SMILES string of the molecule is COC(=O)c1nnn(C(/C=C/c2ccc(Cl)cc2)c2ccc(Cl)cc2)c1C(=O)OC. The quantitative estimate of drug-likeness (QED) is 0.520. The first-order valence-electron chi connectivity index (χ1n) is 8.75. The standard InChI is InChI=1S/C21H17Cl2N3O4/c1-29-20(27)18-19(21(28)30-2)26(25-24-18)17(14-6-10-16(23)11-7-14)12-5-13-3-8-15(22)9-4-13/h3-12,17H,1-2H3/b12-5+. The van der Waals surface area contributed by atoms with E-state index in [0.29, 0.717) is 10.0 Å². The Labute approximate surface area is 182 Å². The molecule has 3 aromatic rings. The van der Waals surface area contributed by atoms with Crippen molar-refractivity contribution in [1.29, 1.82) is 0 Å². The van der Waals surface area contributed by atoms with Crippen molar-refractivity contribution in [3.63, 3.8) is 0 Å². The average Bonchev–Trinajstić information content (AvgIpc) is 3.20. The molecule has 0 radical (unpaired) electrons. The Kier molecular flexibility index (Phi) is 6.87. The maximum atomic E-state index is 12.4. The van der Waals surface area contributed by atoms with Gasteiger partial charge in [-0.15, -0.1) is 5.10 Å². The Morgan fingerprint density at radius 1 is 0.933 bits per heavy atom. The molecule has 0 N–H and O–H groups in total. The average molecular weight is 446 g/mol. The number of nitrogens with zero attached hydrogens (tertiary/aromatic N) is 3. The summed E-state index contributed by atoms with van der Waals surface area (Å²) >= 11 is 12.0. The van der Waals surface area contributed by atoms with Gasteiger partial charge in [0, 0.05) is 10.0 Å². The molecule has 1 aromatic heterocycles. The summed E-state index contributed by atoms with van der Waals surface area (Å²) in [6.45, 7) is 0. The molecule has 1 heterocycles. The lowest BCUT2D eigenvalue weighted by Gasteiger charge is -2.16. The molecule has 1 unspecified atom stereocenters. The van der Waals surface area contributed by atoms with Crippen molar-refractivity contribution in [2.24, 2.45) is 0 Å². The number of allylic oxidation sites excluding steroid dienone is 1. The van der Waals surface area contributed by atoms with Crippen molar-refractivity contribution < 1.29 is 19.1 Å². The van der Waals surface area contributed by atoms with Gasteiger partial charge in [0.05, 0.1) is 20.3 Å². The van der Waals surface area contributed by atoms with Gasteiger partial charge in [-0.2, -0.15) is 0 Å². The first kappa shape index (κ1) is 21.5. The molecule has 1 atom stereocenters. The lowest BCUT2D eigenvalue weighted by Crippen LogP contribution is -2.20. The van der Waals surface area contributed by atoms with Crippen LogP contribution in [-0.4, -0.2) is 41.2 Å². The van der Waals surface area contributed by atoms with E-state index in [2.05, 4.69) is 10.3 Å². The molecule has 0 aliphatic heterocycles. The van der Waals surface area contributed by atoms with Gasteiger partial charge in [0.25, 0.3) is 0 Å². The highest BCUT2D eigenvalue weighted by Gasteiger charge is 2.30. The summed E-state index contributed by atoms with van der Waals surface area (Å²) in [6.07, 6.45) is 3.66. The second-order valence-electron chi connectivity index (χ2n) is 6.12. The minimum atomic E-state index is -0.793. The lowest BCUT2D eigenvalue weighted by molar-refractivity contribution is 0.0543. The van der Waals surface area contributed by atoms with Crippen molar-refractivity contribution in [2.45, 2.75) is 6.04 Å². The summed E-state index contributed by atoms with van der Waals surface area (Å²) in [5.41, 5.74) is 1.29. The zero-order valence-corrected chi connectivity index (χ0v) is 17.6. The summed E-state index contributed by atoms with van der Waals surface area (Å²) in [5, 5.41) is 9.06. The zero-order valence-electron chi connectivity index (χ0n) is 16.1. The third-order valence-corrected chi connectivity index (χ3v) is 4.77. The van der Waals surface area contributed by atoms with Crippen LogP contribution in [0.1, 0.15) is 38.1 Å². The fourth-order valence-corrected chi connectivity index (χ4v) is 3.03. The normalized spacial score (nSPS) is 12.0. The van der Waals surface area contributed by atoms with Gasteiger partial charge in [0.2, 0.25) is 5.69 Å². The predicted octanol–water partition coefficient (Wildman–Crippen LogP) is 4.46. The van der Waals surface area contributed by atoms with Crippen LogP contribution in [0.25, 0.3) is 6.08 Å². The predicted molar refractivity (Wildman–Crippen MR) is 113 cm³/mol. The molecule has 0 saturated heterocycles. The summed E-state index contributed by atoms with van der Waals surface area (Å²) < 4.78 is 10.9. The number of esters is 2. The Hall–Kier alpha value is -3.16. The molecule has 7 nitrogen and oxygen atoms in total. The highest BCUT2D eigenvalue weighted by Crippen LogP contribution is 2.25. The summed E-state index contributed by atoms with van der Waals surface area (Å²) in [7, 11) is 2.40. The van der Waals surface area contributed by atoms with Crippen molar-refractivity contribution in [1.82, 2.24) is 15.0 Å². The van der Waals surface area contributed by atoms with Gasteiger partial charge >= 0.3 is 11.9 Å². The highest BCUT2D eigenvalue weighted by atomic mass is 35.5. The van der Waals surface area contributed by atoms with Gasteiger partial charge in [-0.1, -0.05) is 64.8 Å². The molecule has 30 heavy (non-hydrogen) atoms. The topological polar surface area (TPSA) is 83.3 Å². The Bertz CT molecular complexity index is 1080. The molecule has 0 amide bonds. The Morgan fingerprint density at radius 2 is 1.50 bits per heavy atom. The molecular weight excluding hydrogens is 429 g/mol. The van der Waals surface area contributed by atoms with Gasteiger partial charge in [0.1, 0.15) is 0 Å². The van der Waals surface area contributed by atoms with Gasteiger partial charge < -0.3 is 9.47 Å². The van der Waals surface area contributed by atoms with Gasteiger partial charge in [-0.25, -0.2) is 14.3 Å². The minimum absolute atomic E-state index is 0.120. The maximum Gasteiger partial charge on any atom is 0.361 e. The van der Waals surface area contributed by atoms with E-state index >= 15 is 0 Å². The lowest BCUT2D eigenvalue weighted by atomic mass is 10.0. The van der Waals surface area contributed by atoms with Crippen molar-refractivity contribution in [3.8, 4) is 0 Å². The second kappa shape index (κ2) is 9.56. The number of rotatable bonds is 6. The number of methoxy groups -OCH3 is 2. The minimum Gasteiger partial charge on any atom is -0.464 e. The number of halogens is 2. The number of hydrogen-bond donors (Lipinski definition) is 0. The van der Waals surface area contributed by atoms with Crippen molar-refractivity contribution >= 4 is 41.2 Å².